The molecule has 0 bridgehead atoms. The second-order valence-corrected chi connectivity index (χ2v) is 4.02. The molecule has 1 atom stereocenters. The molecular formula is C12H14N2O7. The molecular weight excluding hydrogens is 284 g/mol. The number of nitrogens with zero attached hydrogens (tertiary/aromatic N) is 1. The number of nitro benzene ring substituents is 1. The number of methoxy groups -OCH3 is 1. The lowest BCUT2D eigenvalue weighted by atomic mass is 10.1. The van der Waals surface area contributed by atoms with Gasteiger partial charge in [-0.3, -0.25) is 14.9 Å². The first kappa shape index (κ1) is 16.4. The molecule has 0 saturated carbocycles. The second kappa shape index (κ2) is 7.20. The lowest BCUT2D eigenvalue weighted by Crippen LogP contribution is -2.41. The van der Waals surface area contributed by atoms with Crippen LogP contribution in [0.4, 0.5) is 5.69 Å². The molecule has 21 heavy (non-hydrogen) atoms. The van der Waals surface area contributed by atoms with Gasteiger partial charge in [0, 0.05) is 24.7 Å². The number of hydrogen-bond donors (Lipinski definition) is 3. The van der Waals surface area contributed by atoms with Crippen LogP contribution in [0, 0.1) is 10.1 Å². The number of hydrogen-bond acceptors (Lipinski definition) is 6. The predicted molar refractivity (Wildman–Crippen MR) is 70.2 cm³/mol. The van der Waals surface area contributed by atoms with Crippen molar-refractivity contribution in [2.24, 2.45) is 0 Å². The average Bonchev–Trinajstić information content (AvgIpc) is 2.45. The van der Waals surface area contributed by atoms with Gasteiger partial charge >= 0.3 is 11.7 Å². The molecule has 0 spiro atoms. The van der Waals surface area contributed by atoms with E-state index < -0.39 is 35.1 Å². The molecule has 0 saturated heterocycles. The van der Waals surface area contributed by atoms with Gasteiger partial charge in [0.2, 0.25) is 0 Å². The highest BCUT2D eigenvalue weighted by Crippen LogP contribution is 2.27. The van der Waals surface area contributed by atoms with E-state index in [2.05, 4.69) is 5.32 Å². The fourth-order valence-electron chi connectivity index (χ4n) is 1.60. The van der Waals surface area contributed by atoms with Gasteiger partial charge in [-0.1, -0.05) is 0 Å². The van der Waals surface area contributed by atoms with Crippen LogP contribution in [0.25, 0.3) is 0 Å². The molecule has 1 aromatic rings. The van der Waals surface area contributed by atoms with Crippen molar-refractivity contribution in [2.75, 3.05) is 13.7 Å². The highest BCUT2D eigenvalue weighted by molar-refractivity contribution is 5.97. The molecule has 9 nitrogen and oxygen atoms in total. The number of ether oxygens (including phenoxy) is 1. The summed E-state index contributed by atoms with van der Waals surface area (Å²) in [6.45, 7) is -0.417. The highest BCUT2D eigenvalue weighted by atomic mass is 16.6. The first-order chi connectivity index (χ1) is 9.90. The number of carbonyl (C=O) groups is 2. The lowest BCUT2D eigenvalue weighted by Gasteiger charge is -2.13. The minimum Gasteiger partial charge on any atom is -0.490 e. The molecule has 114 valence electrons. The maximum atomic E-state index is 11.9. The van der Waals surface area contributed by atoms with Gasteiger partial charge in [0.1, 0.15) is 6.04 Å². The van der Waals surface area contributed by atoms with Crippen molar-refractivity contribution in [3.05, 3.63) is 33.9 Å². The fraction of sp³-hybridized carbons (Fsp3) is 0.333. The van der Waals surface area contributed by atoms with Crippen molar-refractivity contribution in [3.8, 4) is 5.75 Å². The number of benzene rings is 1. The van der Waals surface area contributed by atoms with E-state index in [0.29, 0.717) is 0 Å². The van der Waals surface area contributed by atoms with Crippen LogP contribution < -0.4 is 10.1 Å². The number of nitro groups is 1. The van der Waals surface area contributed by atoms with Crippen LogP contribution in [-0.4, -0.2) is 46.8 Å². The zero-order valence-electron chi connectivity index (χ0n) is 11.1. The van der Waals surface area contributed by atoms with Gasteiger partial charge in [0.15, 0.2) is 5.75 Å². The highest BCUT2D eigenvalue weighted by Gasteiger charge is 2.22. The van der Waals surface area contributed by atoms with Gasteiger partial charge in [0.25, 0.3) is 5.91 Å². The summed E-state index contributed by atoms with van der Waals surface area (Å²) >= 11 is 0. The van der Waals surface area contributed by atoms with E-state index in [4.69, 9.17) is 14.9 Å². The van der Waals surface area contributed by atoms with E-state index in [9.17, 15) is 19.7 Å². The molecule has 1 unspecified atom stereocenters. The Kier molecular flexibility index (Phi) is 5.61. The van der Waals surface area contributed by atoms with E-state index in [1.807, 2.05) is 0 Å². The number of amides is 1. The molecule has 0 aromatic heterocycles. The molecule has 3 N–H and O–H groups in total. The fourth-order valence-corrected chi connectivity index (χ4v) is 1.60. The van der Waals surface area contributed by atoms with Crippen LogP contribution in [0.1, 0.15) is 16.8 Å². The molecule has 1 rings (SSSR count). The Morgan fingerprint density at radius 1 is 1.48 bits per heavy atom. The maximum Gasteiger partial charge on any atom is 0.326 e. The van der Waals surface area contributed by atoms with Crippen molar-refractivity contribution in [1.82, 2.24) is 5.32 Å². The molecule has 0 fully saturated rings. The first-order valence-electron chi connectivity index (χ1n) is 5.87. The number of carboxylic acid groups (broad SMARTS) is 1. The number of nitrogens with one attached hydrogen (secondary N) is 1. The smallest absolute Gasteiger partial charge is 0.326 e. The topological polar surface area (TPSA) is 139 Å². The van der Waals surface area contributed by atoms with Gasteiger partial charge in [-0.25, -0.2) is 4.79 Å². The number of aliphatic hydroxyl groups is 1. The summed E-state index contributed by atoms with van der Waals surface area (Å²) < 4.78 is 4.80. The summed E-state index contributed by atoms with van der Waals surface area (Å²) in [7, 11) is 1.25. The molecule has 0 radical (unpaired) electrons. The Morgan fingerprint density at radius 3 is 2.62 bits per heavy atom. The molecule has 0 heterocycles. The molecule has 1 amide bonds. The quantitative estimate of drug-likeness (QED) is 0.481. The Balaban J connectivity index is 2.99. The third kappa shape index (κ3) is 4.14. The van der Waals surface area contributed by atoms with Crippen molar-refractivity contribution >= 4 is 17.6 Å². The second-order valence-electron chi connectivity index (χ2n) is 4.02. The normalized spacial score (nSPS) is 11.5. The molecule has 0 aliphatic rings. The van der Waals surface area contributed by atoms with E-state index >= 15 is 0 Å². The summed E-state index contributed by atoms with van der Waals surface area (Å²) in [5, 5.41) is 30.6. The molecule has 0 aliphatic carbocycles. The Hall–Kier alpha value is -2.68. The summed E-state index contributed by atoms with van der Waals surface area (Å²) in [6.07, 6.45) is -0.167. The third-order valence-electron chi connectivity index (χ3n) is 2.66. The number of carbonyl (C=O) groups excluding carboxylic acids is 1. The number of carboxylic acids is 1. The minimum absolute atomic E-state index is 0.0123. The van der Waals surface area contributed by atoms with Crippen LogP contribution in [0.2, 0.25) is 0 Å². The monoisotopic (exact) mass is 298 g/mol. The summed E-state index contributed by atoms with van der Waals surface area (Å²) in [6, 6.07) is 2.24. The SMILES string of the molecule is COc1ccc(C(=O)NC(CCO)C(=O)O)cc1[N+](=O)[O-]. The number of aliphatic hydroxyl groups excluding tert-OH is 1. The maximum absolute atomic E-state index is 11.9. The van der Waals surface area contributed by atoms with Gasteiger partial charge in [0.05, 0.1) is 12.0 Å². The number of aliphatic carboxylic acids is 1. The van der Waals surface area contributed by atoms with Gasteiger partial charge in [-0.15, -0.1) is 0 Å². The predicted octanol–water partition coefficient (Wildman–Crippen LogP) is 0.169. The van der Waals surface area contributed by atoms with Gasteiger partial charge in [-0.05, 0) is 12.1 Å². The summed E-state index contributed by atoms with van der Waals surface area (Å²) in [4.78, 5) is 32.9. The van der Waals surface area contributed by atoms with Crippen molar-refractivity contribution < 1.29 is 29.5 Å². The Labute approximate surface area is 119 Å². The zero-order valence-corrected chi connectivity index (χ0v) is 11.1. The first-order valence-corrected chi connectivity index (χ1v) is 5.87. The van der Waals surface area contributed by atoms with Gasteiger partial charge < -0.3 is 20.3 Å². The lowest BCUT2D eigenvalue weighted by molar-refractivity contribution is -0.385. The number of rotatable bonds is 7. The van der Waals surface area contributed by atoms with Crippen LogP contribution >= 0.6 is 0 Å². The van der Waals surface area contributed by atoms with Crippen molar-refractivity contribution in [2.45, 2.75) is 12.5 Å². The molecule has 1 aromatic carbocycles. The van der Waals surface area contributed by atoms with Crippen molar-refractivity contribution in [1.29, 1.82) is 0 Å². The van der Waals surface area contributed by atoms with Crippen LogP contribution in [0.3, 0.4) is 0 Å². The Morgan fingerprint density at radius 2 is 2.14 bits per heavy atom. The van der Waals surface area contributed by atoms with E-state index in [0.717, 1.165) is 6.07 Å². The Bertz CT molecular complexity index is 559. The molecule has 9 heteroatoms. The third-order valence-corrected chi connectivity index (χ3v) is 2.66. The zero-order chi connectivity index (χ0) is 16.0. The standard InChI is InChI=1S/C12H14N2O7/c1-21-10-3-2-7(6-9(10)14(19)20)11(16)13-8(4-5-15)12(17)18/h2-3,6,8,15H,4-5H2,1H3,(H,13,16)(H,17,18). The van der Waals surface area contributed by atoms with Crippen LogP contribution in [0.5, 0.6) is 5.75 Å². The van der Waals surface area contributed by atoms with Crippen LogP contribution in [0.15, 0.2) is 18.2 Å². The van der Waals surface area contributed by atoms with Crippen molar-refractivity contribution in [3.63, 3.8) is 0 Å². The van der Waals surface area contributed by atoms with E-state index in [1.54, 1.807) is 0 Å². The largest absolute Gasteiger partial charge is 0.490 e. The molecule has 0 aliphatic heterocycles. The minimum atomic E-state index is -1.31. The van der Waals surface area contributed by atoms with E-state index in [1.165, 1.54) is 19.2 Å². The van der Waals surface area contributed by atoms with E-state index in [-0.39, 0.29) is 17.7 Å². The summed E-state index contributed by atoms with van der Waals surface area (Å²) in [5.74, 6) is -2.11. The average molecular weight is 298 g/mol. The summed E-state index contributed by atoms with van der Waals surface area (Å²) in [5.41, 5.74) is -0.481. The van der Waals surface area contributed by atoms with Crippen LogP contribution in [-0.2, 0) is 4.79 Å². The van der Waals surface area contributed by atoms with Gasteiger partial charge in [-0.2, -0.15) is 0 Å².